The maximum atomic E-state index is 12.5. The summed E-state index contributed by atoms with van der Waals surface area (Å²) < 4.78 is 28.4. The van der Waals surface area contributed by atoms with Gasteiger partial charge in [-0.2, -0.15) is 5.10 Å². The Labute approximate surface area is 146 Å². The van der Waals surface area contributed by atoms with Crippen LogP contribution >= 0.6 is 0 Å². The number of nitrogens with zero attached hydrogens (tertiary/aromatic N) is 2. The Morgan fingerprint density at radius 1 is 1.40 bits per heavy atom. The number of amides is 2. The Kier molecular flexibility index (Phi) is 6.15. The Balaban J connectivity index is 1.98. The van der Waals surface area contributed by atoms with Gasteiger partial charge in [0.2, 0.25) is 5.91 Å². The van der Waals surface area contributed by atoms with Crippen LogP contribution in [0.15, 0.2) is 5.10 Å². The van der Waals surface area contributed by atoms with E-state index in [0.29, 0.717) is 12.8 Å². The van der Waals surface area contributed by atoms with E-state index in [2.05, 4.69) is 10.5 Å². The molecule has 0 aromatic rings. The Bertz CT molecular complexity index is 687. The van der Waals surface area contributed by atoms with Gasteiger partial charge in [-0.15, -0.1) is 0 Å². The monoisotopic (exact) mass is 373 g/mol. The number of nitrogens with one attached hydrogen (secondary N) is 1. The second kappa shape index (κ2) is 7.94. The van der Waals surface area contributed by atoms with Crippen LogP contribution in [0.2, 0.25) is 0 Å². The van der Waals surface area contributed by atoms with Gasteiger partial charge in [-0.3, -0.25) is 9.59 Å². The van der Waals surface area contributed by atoms with Gasteiger partial charge >= 0.3 is 5.97 Å². The molecule has 0 saturated carbocycles. The highest BCUT2D eigenvalue weighted by Gasteiger charge is 2.37. The van der Waals surface area contributed by atoms with Crippen molar-refractivity contribution in [3.05, 3.63) is 0 Å². The van der Waals surface area contributed by atoms with Crippen molar-refractivity contribution in [1.29, 1.82) is 0 Å². The molecule has 9 nitrogen and oxygen atoms in total. The van der Waals surface area contributed by atoms with Gasteiger partial charge in [-0.05, 0) is 19.8 Å². The van der Waals surface area contributed by atoms with Gasteiger partial charge in [0.05, 0.1) is 11.5 Å². The van der Waals surface area contributed by atoms with Crippen LogP contribution in [-0.2, 0) is 29.0 Å². The summed E-state index contributed by atoms with van der Waals surface area (Å²) in [5.74, 6) is -1.45. The lowest BCUT2D eigenvalue weighted by molar-refractivity contribution is -0.149. The Morgan fingerprint density at radius 3 is 2.64 bits per heavy atom. The number of ether oxygens (including phenoxy) is 1. The summed E-state index contributed by atoms with van der Waals surface area (Å²) in [5, 5.41) is 3.62. The molecule has 140 valence electrons. The zero-order valence-corrected chi connectivity index (χ0v) is 15.2. The average molecular weight is 373 g/mol. The van der Waals surface area contributed by atoms with E-state index < -0.39 is 34.4 Å². The largest absolute Gasteiger partial charge is 0.451 e. The van der Waals surface area contributed by atoms with E-state index in [1.165, 1.54) is 4.90 Å². The molecular weight excluding hydrogens is 350 g/mol. The SMILES string of the molecule is CC[C@@H](C)N(C(=O)COC(=O)C1=NNC(=O)CC1)[C@@H]1CCS(=O)(=O)C1. The zero-order valence-electron chi connectivity index (χ0n) is 14.4. The lowest BCUT2D eigenvalue weighted by atomic mass is 10.1. The van der Waals surface area contributed by atoms with Crippen LogP contribution in [-0.4, -0.2) is 67.0 Å². The summed E-state index contributed by atoms with van der Waals surface area (Å²) in [4.78, 5) is 37.0. The Hall–Kier alpha value is -1.97. The molecule has 0 aromatic carbocycles. The number of esters is 1. The number of hydrogen-bond donors (Lipinski definition) is 1. The normalized spacial score (nSPS) is 23.4. The summed E-state index contributed by atoms with van der Waals surface area (Å²) in [6.07, 6.45) is 1.36. The zero-order chi connectivity index (χ0) is 18.6. The predicted octanol–water partition coefficient (Wildman–Crippen LogP) is -0.390. The van der Waals surface area contributed by atoms with E-state index in [-0.39, 0.29) is 42.0 Å². The smallest absolute Gasteiger partial charge is 0.355 e. The molecule has 2 heterocycles. The summed E-state index contributed by atoms with van der Waals surface area (Å²) in [7, 11) is -3.13. The van der Waals surface area contributed by atoms with E-state index in [1.54, 1.807) is 0 Å². The standard InChI is InChI=1S/C15H23N3O6S/c1-3-10(2)18(11-6-7-25(22,23)9-11)14(20)8-24-15(21)12-4-5-13(19)17-16-12/h10-11H,3-9H2,1-2H3,(H,17,19)/t10-,11-/m1/s1. The molecule has 25 heavy (non-hydrogen) atoms. The maximum absolute atomic E-state index is 12.5. The van der Waals surface area contributed by atoms with Gasteiger partial charge in [0.15, 0.2) is 16.4 Å². The van der Waals surface area contributed by atoms with Gasteiger partial charge < -0.3 is 9.64 Å². The first-order chi connectivity index (χ1) is 11.7. The number of hydrazone groups is 1. The van der Waals surface area contributed by atoms with Gasteiger partial charge in [0.25, 0.3) is 5.91 Å². The molecule has 10 heteroatoms. The van der Waals surface area contributed by atoms with Crippen LogP contribution in [0, 0.1) is 0 Å². The highest BCUT2D eigenvalue weighted by molar-refractivity contribution is 7.91. The minimum Gasteiger partial charge on any atom is -0.451 e. The van der Waals surface area contributed by atoms with Crippen LogP contribution < -0.4 is 5.43 Å². The minimum atomic E-state index is -3.13. The van der Waals surface area contributed by atoms with E-state index in [1.807, 2.05) is 13.8 Å². The van der Waals surface area contributed by atoms with Gasteiger partial charge in [0.1, 0.15) is 5.71 Å². The van der Waals surface area contributed by atoms with Crippen molar-refractivity contribution in [3.8, 4) is 0 Å². The molecular formula is C15H23N3O6S. The van der Waals surface area contributed by atoms with Crippen LogP contribution in [0.4, 0.5) is 0 Å². The lowest BCUT2D eigenvalue weighted by Crippen LogP contribution is -2.48. The third kappa shape index (κ3) is 5.00. The second-order valence-corrected chi connectivity index (χ2v) is 8.51. The Morgan fingerprint density at radius 2 is 2.12 bits per heavy atom. The summed E-state index contributed by atoms with van der Waals surface area (Å²) in [6, 6.07) is -0.548. The molecule has 1 N–H and O–H groups in total. The van der Waals surface area contributed by atoms with Crippen molar-refractivity contribution in [2.45, 2.75) is 51.6 Å². The summed E-state index contributed by atoms with van der Waals surface area (Å²) >= 11 is 0. The molecule has 2 amide bonds. The first-order valence-electron chi connectivity index (χ1n) is 8.27. The van der Waals surface area contributed by atoms with E-state index in [4.69, 9.17) is 4.74 Å². The van der Waals surface area contributed by atoms with Crippen LogP contribution in [0.1, 0.15) is 39.5 Å². The number of sulfone groups is 1. The maximum Gasteiger partial charge on any atom is 0.355 e. The second-order valence-electron chi connectivity index (χ2n) is 6.28. The number of hydrogen-bond acceptors (Lipinski definition) is 7. The van der Waals surface area contributed by atoms with Crippen LogP contribution in [0.25, 0.3) is 0 Å². The van der Waals surface area contributed by atoms with Gasteiger partial charge in [0, 0.05) is 24.9 Å². The van der Waals surface area contributed by atoms with Crippen LogP contribution in [0.5, 0.6) is 0 Å². The molecule has 1 fully saturated rings. The van der Waals surface area contributed by atoms with E-state index >= 15 is 0 Å². The van der Waals surface area contributed by atoms with E-state index in [9.17, 15) is 22.8 Å². The minimum absolute atomic E-state index is 0.0598. The molecule has 2 rings (SSSR count). The van der Waals surface area contributed by atoms with Crippen molar-refractivity contribution in [2.24, 2.45) is 5.10 Å². The lowest BCUT2D eigenvalue weighted by Gasteiger charge is -2.33. The van der Waals surface area contributed by atoms with Crippen molar-refractivity contribution in [2.75, 3.05) is 18.1 Å². The molecule has 0 spiro atoms. The van der Waals surface area contributed by atoms with Crippen molar-refractivity contribution >= 4 is 33.3 Å². The van der Waals surface area contributed by atoms with Crippen molar-refractivity contribution in [1.82, 2.24) is 10.3 Å². The molecule has 0 bridgehead atoms. The third-order valence-electron chi connectivity index (χ3n) is 4.42. The quantitative estimate of drug-likeness (QED) is 0.633. The highest BCUT2D eigenvalue weighted by Crippen LogP contribution is 2.21. The molecule has 0 unspecified atom stereocenters. The summed E-state index contributed by atoms with van der Waals surface area (Å²) in [6.45, 7) is 3.26. The van der Waals surface area contributed by atoms with Gasteiger partial charge in [-0.25, -0.2) is 18.6 Å². The number of rotatable bonds is 6. The average Bonchev–Trinajstić information content (AvgIpc) is 2.92. The molecule has 0 aromatic heterocycles. The number of carbonyl (C=O) groups excluding carboxylic acids is 3. The first-order valence-corrected chi connectivity index (χ1v) is 10.1. The van der Waals surface area contributed by atoms with E-state index in [0.717, 1.165) is 0 Å². The van der Waals surface area contributed by atoms with Gasteiger partial charge in [-0.1, -0.05) is 6.92 Å². The van der Waals surface area contributed by atoms with Crippen molar-refractivity contribution < 1.29 is 27.5 Å². The molecule has 0 radical (unpaired) electrons. The first kappa shape index (κ1) is 19.4. The number of carbonyl (C=O) groups is 3. The molecule has 2 atom stereocenters. The third-order valence-corrected chi connectivity index (χ3v) is 6.17. The molecule has 0 aliphatic carbocycles. The molecule has 2 aliphatic rings. The fourth-order valence-corrected chi connectivity index (χ4v) is 4.62. The molecule has 1 saturated heterocycles. The fraction of sp³-hybridized carbons (Fsp3) is 0.733. The highest BCUT2D eigenvalue weighted by atomic mass is 32.2. The summed E-state index contributed by atoms with van der Waals surface area (Å²) in [5.41, 5.74) is 2.25. The molecule has 2 aliphatic heterocycles. The fourth-order valence-electron chi connectivity index (χ4n) is 2.91. The van der Waals surface area contributed by atoms with Crippen molar-refractivity contribution in [3.63, 3.8) is 0 Å². The topological polar surface area (TPSA) is 122 Å². The van der Waals surface area contributed by atoms with Crippen LogP contribution in [0.3, 0.4) is 0 Å². The predicted molar refractivity (Wildman–Crippen MR) is 89.4 cm³/mol.